The van der Waals surface area contributed by atoms with Crippen LogP contribution in [0, 0.1) is 4.77 Å². The highest BCUT2D eigenvalue weighted by atomic mass is 32.1. The van der Waals surface area contributed by atoms with E-state index >= 15 is 0 Å². The average Bonchev–Trinajstić information content (AvgIpc) is 2.92. The van der Waals surface area contributed by atoms with E-state index in [0.717, 1.165) is 5.56 Å². The van der Waals surface area contributed by atoms with Gasteiger partial charge in [-0.3, -0.25) is 14.5 Å². The highest BCUT2D eigenvalue weighted by molar-refractivity contribution is 7.71. The van der Waals surface area contributed by atoms with E-state index in [1.165, 1.54) is 0 Å². The first-order valence-electron chi connectivity index (χ1n) is 7.52. The van der Waals surface area contributed by atoms with Crippen molar-refractivity contribution >= 4 is 18.1 Å². The molecule has 0 aliphatic heterocycles. The molecule has 0 unspecified atom stereocenters. The minimum absolute atomic E-state index is 0.113. The van der Waals surface area contributed by atoms with Gasteiger partial charge in [0.05, 0.1) is 6.61 Å². The van der Waals surface area contributed by atoms with Crippen molar-refractivity contribution in [1.29, 1.82) is 0 Å². The van der Waals surface area contributed by atoms with Gasteiger partial charge >= 0.3 is 6.18 Å². The standard InChI is InChI=1S/C15H17F3N4O2S/c1-2-24-11-5-3-10(4-6-11)13-20-21-14(25)22(13)8-7-12(23)19-9-15(16,17)18/h3-6H,2,7-9H2,1H3,(H,19,23)(H,21,25). The van der Waals surface area contributed by atoms with Gasteiger partial charge in [-0.15, -0.1) is 0 Å². The third kappa shape index (κ3) is 5.59. The summed E-state index contributed by atoms with van der Waals surface area (Å²) in [5.41, 5.74) is 0.742. The van der Waals surface area contributed by atoms with Crippen LogP contribution >= 0.6 is 12.2 Å². The molecule has 2 aromatic rings. The monoisotopic (exact) mass is 374 g/mol. The van der Waals surface area contributed by atoms with Gasteiger partial charge < -0.3 is 10.1 Å². The maximum Gasteiger partial charge on any atom is 0.405 e. The number of aromatic nitrogens is 3. The van der Waals surface area contributed by atoms with Crippen LogP contribution in [0.1, 0.15) is 13.3 Å². The van der Waals surface area contributed by atoms with Crippen molar-refractivity contribution in [1.82, 2.24) is 20.1 Å². The first-order valence-corrected chi connectivity index (χ1v) is 7.93. The molecule has 1 amide bonds. The molecule has 0 fully saturated rings. The van der Waals surface area contributed by atoms with E-state index in [2.05, 4.69) is 10.2 Å². The van der Waals surface area contributed by atoms with Crippen molar-refractivity contribution in [3.8, 4) is 17.1 Å². The van der Waals surface area contributed by atoms with Crippen molar-refractivity contribution in [2.24, 2.45) is 0 Å². The maximum atomic E-state index is 12.1. The van der Waals surface area contributed by atoms with Crippen LogP contribution in [0.3, 0.4) is 0 Å². The molecule has 0 atom stereocenters. The highest BCUT2D eigenvalue weighted by Crippen LogP contribution is 2.21. The summed E-state index contributed by atoms with van der Waals surface area (Å²) in [4.78, 5) is 11.6. The summed E-state index contributed by atoms with van der Waals surface area (Å²) in [6, 6.07) is 7.13. The molecular formula is C15H17F3N4O2S. The summed E-state index contributed by atoms with van der Waals surface area (Å²) in [5.74, 6) is 0.494. The molecule has 2 N–H and O–H groups in total. The highest BCUT2D eigenvalue weighted by Gasteiger charge is 2.27. The molecule has 2 rings (SSSR count). The molecule has 0 saturated heterocycles. The molecule has 0 aliphatic carbocycles. The van der Waals surface area contributed by atoms with Crippen LogP contribution in [-0.2, 0) is 11.3 Å². The number of nitrogens with zero attached hydrogens (tertiary/aromatic N) is 2. The van der Waals surface area contributed by atoms with Gasteiger partial charge in [-0.25, -0.2) is 0 Å². The second-order valence-electron chi connectivity index (χ2n) is 5.10. The normalized spacial score (nSPS) is 11.4. The van der Waals surface area contributed by atoms with E-state index in [1.807, 2.05) is 12.2 Å². The van der Waals surface area contributed by atoms with Gasteiger partial charge in [-0.1, -0.05) is 0 Å². The minimum atomic E-state index is -4.44. The van der Waals surface area contributed by atoms with Gasteiger partial charge in [-0.05, 0) is 43.4 Å². The topological polar surface area (TPSA) is 71.9 Å². The van der Waals surface area contributed by atoms with E-state index in [4.69, 9.17) is 17.0 Å². The lowest BCUT2D eigenvalue weighted by molar-refractivity contribution is -0.138. The van der Waals surface area contributed by atoms with Crippen LogP contribution in [0.5, 0.6) is 5.75 Å². The van der Waals surface area contributed by atoms with Crippen molar-refractivity contribution in [3.63, 3.8) is 0 Å². The Labute approximate surface area is 147 Å². The van der Waals surface area contributed by atoms with Crippen LogP contribution in [0.15, 0.2) is 24.3 Å². The van der Waals surface area contributed by atoms with E-state index in [-0.39, 0.29) is 17.7 Å². The van der Waals surface area contributed by atoms with Gasteiger partial charge in [-0.2, -0.15) is 18.3 Å². The van der Waals surface area contributed by atoms with Gasteiger partial charge in [0.2, 0.25) is 5.91 Å². The van der Waals surface area contributed by atoms with Crippen molar-refractivity contribution in [3.05, 3.63) is 29.0 Å². The molecule has 0 radical (unpaired) electrons. The Morgan fingerprint density at radius 3 is 2.64 bits per heavy atom. The fraction of sp³-hybridized carbons (Fsp3) is 0.400. The van der Waals surface area contributed by atoms with Crippen LogP contribution < -0.4 is 10.1 Å². The predicted molar refractivity (Wildman–Crippen MR) is 87.7 cm³/mol. The number of rotatable bonds is 7. The van der Waals surface area contributed by atoms with Gasteiger partial charge in [0.25, 0.3) is 0 Å². The Hall–Kier alpha value is -2.36. The number of hydrogen-bond acceptors (Lipinski definition) is 4. The molecule has 0 spiro atoms. The predicted octanol–water partition coefficient (Wildman–Crippen LogP) is 3.07. The Balaban J connectivity index is 2.06. The second-order valence-corrected chi connectivity index (χ2v) is 5.49. The summed E-state index contributed by atoms with van der Waals surface area (Å²) >= 11 is 5.12. The number of ether oxygens (including phenoxy) is 1. The number of halogens is 3. The number of alkyl halides is 3. The molecule has 6 nitrogen and oxygen atoms in total. The lowest BCUT2D eigenvalue weighted by Gasteiger charge is -2.10. The van der Waals surface area contributed by atoms with Crippen LogP contribution in [0.2, 0.25) is 0 Å². The number of nitrogens with one attached hydrogen (secondary N) is 2. The summed E-state index contributed by atoms with van der Waals surface area (Å²) in [6.45, 7) is 1.18. The lowest BCUT2D eigenvalue weighted by atomic mass is 10.2. The number of hydrogen-bond donors (Lipinski definition) is 2. The molecule has 1 aromatic carbocycles. The summed E-state index contributed by atoms with van der Waals surface area (Å²) in [5, 5.41) is 8.57. The number of benzene rings is 1. The van der Waals surface area contributed by atoms with Gasteiger partial charge in [0.1, 0.15) is 12.3 Å². The van der Waals surface area contributed by atoms with Gasteiger partial charge in [0.15, 0.2) is 10.6 Å². The largest absolute Gasteiger partial charge is 0.494 e. The summed E-state index contributed by atoms with van der Waals surface area (Å²) in [6.07, 6.45) is -4.58. The van der Waals surface area contributed by atoms with Crippen LogP contribution in [0.4, 0.5) is 13.2 Å². The average molecular weight is 374 g/mol. The molecule has 1 aromatic heterocycles. The van der Waals surface area contributed by atoms with Crippen LogP contribution in [-0.4, -0.2) is 40.0 Å². The summed E-state index contributed by atoms with van der Waals surface area (Å²) < 4.78 is 43.5. The molecule has 0 bridgehead atoms. The molecule has 1 heterocycles. The zero-order valence-electron chi connectivity index (χ0n) is 13.4. The SMILES string of the molecule is CCOc1ccc(-c2n[nH]c(=S)n2CCC(=O)NCC(F)(F)F)cc1. The molecule has 0 aliphatic rings. The molecule has 10 heteroatoms. The number of carbonyl (C=O) groups excluding carboxylic acids is 1. The zero-order chi connectivity index (χ0) is 18.4. The van der Waals surface area contributed by atoms with E-state index in [9.17, 15) is 18.0 Å². The maximum absolute atomic E-state index is 12.1. The van der Waals surface area contributed by atoms with Gasteiger partial charge in [0, 0.05) is 18.5 Å². The Morgan fingerprint density at radius 1 is 1.36 bits per heavy atom. The zero-order valence-corrected chi connectivity index (χ0v) is 14.2. The second kappa shape index (κ2) is 8.15. The van der Waals surface area contributed by atoms with Crippen molar-refractivity contribution in [2.75, 3.05) is 13.2 Å². The molecule has 25 heavy (non-hydrogen) atoms. The van der Waals surface area contributed by atoms with Crippen molar-refractivity contribution < 1.29 is 22.7 Å². The molecular weight excluding hydrogens is 357 g/mol. The minimum Gasteiger partial charge on any atom is -0.494 e. The fourth-order valence-corrected chi connectivity index (χ4v) is 2.34. The van der Waals surface area contributed by atoms with E-state index < -0.39 is 18.6 Å². The van der Waals surface area contributed by atoms with E-state index in [0.29, 0.717) is 18.2 Å². The number of aromatic amines is 1. The van der Waals surface area contributed by atoms with E-state index in [1.54, 1.807) is 28.8 Å². The molecule has 136 valence electrons. The first kappa shape index (κ1) is 19.0. The number of amides is 1. The Morgan fingerprint density at radius 2 is 2.04 bits per heavy atom. The smallest absolute Gasteiger partial charge is 0.405 e. The quantitative estimate of drug-likeness (QED) is 0.731. The lowest BCUT2D eigenvalue weighted by Crippen LogP contribution is -2.34. The van der Waals surface area contributed by atoms with Crippen molar-refractivity contribution in [2.45, 2.75) is 26.1 Å². The summed E-state index contributed by atoms with van der Waals surface area (Å²) in [7, 11) is 0. The fourth-order valence-electron chi connectivity index (χ4n) is 2.11. The Kier molecular flexibility index (Phi) is 6.18. The third-order valence-electron chi connectivity index (χ3n) is 3.23. The molecule has 0 saturated carbocycles. The number of H-pyrrole nitrogens is 1. The first-order chi connectivity index (χ1) is 11.8. The van der Waals surface area contributed by atoms with Crippen LogP contribution in [0.25, 0.3) is 11.4 Å². The number of carbonyl (C=O) groups is 1. The Bertz CT molecular complexity index is 768. The third-order valence-corrected chi connectivity index (χ3v) is 3.54.